The number of hydrogen-bond acceptors (Lipinski definition) is 2. The van der Waals surface area contributed by atoms with Gasteiger partial charge in [-0.15, -0.1) is 0 Å². The number of hydrogen-bond donors (Lipinski definition) is 0. The van der Waals surface area contributed by atoms with Gasteiger partial charge in [-0.1, -0.05) is 25.1 Å². The molecule has 0 aromatic heterocycles. The topological polar surface area (TPSA) is 18.5 Å². The van der Waals surface area contributed by atoms with Gasteiger partial charge < -0.3 is 9.47 Å². The molecule has 4 rings (SSSR count). The van der Waals surface area contributed by atoms with Crippen LogP contribution in [0.1, 0.15) is 64.0 Å². The van der Waals surface area contributed by atoms with Crippen molar-refractivity contribution in [2.75, 3.05) is 7.11 Å². The highest BCUT2D eigenvalue weighted by atomic mass is 16.5. The Bertz CT molecular complexity index is 802. The molecule has 0 amide bonds. The fourth-order valence-electron chi connectivity index (χ4n) is 5.18. The lowest BCUT2D eigenvalue weighted by molar-refractivity contribution is -0.107. The molecular weight excluding hydrogens is 308 g/mol. The van der Waals surface area contributed by atoms with Crippen LogP contribution < -0.4 is 4.74 Å². The summed E-state index contributed by atoms with van der Waals surface area (Å²) in [4.78, 5) is 0. The van der Waals surface area contributed by atoms with Crippen molar-refractivity contribution in [3.8, 4) is 5.75 Å². The lowest BCUT2D eigenvalue weighted by Crippen LogP contribution is -2.40. The summed E-state index contributed by atoms with van der Waals surface area (Å²) >= 11 is 0. The highest BCUT2D eigenvalue weighted by molar-refractivity contribution is 5.88. The van der Waals surface area contributed by atoms with Crippen LogP contribution in [0.2, 0.25) is 0 Å². The molecule has 2 aromatic rings. The third kappa shape index (κ3) is 2.75. The third-order valence-corrected chi connectivity index (χ3v) is 6.41. The highest BCUT2D eigenvalue weighted by Gasteiger charge is 2.51. The number of fused-ring (bicyclic) bond motifs is 5. The molecule has 0 bridgehead atoms. The quantitative estimate of drug-likeness (QED) is 0.682. The lowest BCUT2D eigenvalue weighted by Gasteiger charge is -2.43. The zero-order valence-corrected chi connectivity index (χ0v) is 16.2. The Hall–Kier alpha value is -1.54. The van der Waals surface area contributed by atoms with E-state index >= 15 is 0 Å². The van der Waals surface area contributed by atoms with Gasteiger partial charge >= 0.3 is 0 Å². The first kappa shape index (κ1) is 16.9. The SMILES string of the molecule is COc1ccc2c3c(ccc2c1)[C@@H]1CC[C@H](OC(C)(C)C)[C@@]1(C)CC3. The van der Waals surface area contributed by atoms with Crippen LogP contribution in [0.25, 0.3) is 10.8 Å². The van der Waals surface area contributed by atoms with Gasteiger partial charge in [0.25, 0.3) is 0 Å². The van der Waals surface area contributed by atoms with E-state index in [9.17, 15) is 0 Å². The number of rotatable bonds is 2. The Labute approximate surface area is 151 Å². The van der Waals surface area contributed by atoms with Crippen LogP contribution in [-0.4, -0.2) is 18.8 Å². The van der Waals surface area contributed by atoms with Crippen molar-refractivity contribution in [3.05, 3.63) is 41.5 Å². The second-order valence-corrected chi connectivity index (χ2v) is 9.08. The van der Waals surface area contributed by atoms with Crippen LogP contribution in [0.3, 0.4) is 0 Å². The summed E-state index contributed by atoms with van der Waals surface area (Å²) in [6.45, 7) is 9.01. The van der Waals surface area contributed by atoms with Crippen molar-refractivity contribution in [2.45, 2.75) is 71.0 Å². The molecule has 0 saturated heterocycles. The van der Waals surface area contributed by atoms with E-state index in [0.717, 1.165) is 12.2 Å². The molecule has 0 spiro atoms. The molecule has 2 aliphatic rings. The van der Waals surface area contributed by atoms with Gasteiger partial charge in [0.1, 0.15) is 5.75 Å². The Balaban J connectivity index is 1.74. The second-order valence-electron chi connectivity index (χ2n) is 9.08. The molecule has 2 heteroatoms. The van der Waals surface area contributed by atoms with E-state index in [1.165, 1.54) is 30.0 Å². The average molecular weight is 338 g/mol. The summed E-state index contributed by atoms with van der Waals surface area (Å²) < 4.78 is 11.9. The average Bonchev–Trinajstić information content (AvgIpc) is 2.89. The number of aryl methyl sites for hydroxylation is 1. The summed E-state index contributed by atoms with van der Waals surface area (Å²) in [6.07, 6.45) is 5.16. The van der Waals surface area contributed by atoms with E-state index in [1.807, 2.05) is 0 Å². The normalized spacial score (nSPS) is 28.7. The van der Waals surface area contributed by atoms with Crippen molar-refractivity contribution in [3.63, 3.8) is 0 Å². The fourth-order valence-corrected chi connectivity index (χ4v) is 5.18. The Kier molecular flexibility index (Phi) is 3.88. The van der Waals surface area contributed by atoms with E-state index in [-0.39, 0.29) is 11.0 Å². The largest absolute Gasteiger partial charge is 0.497 e. The van der Waals surface area contributed by atoms with Crippen LogP contribution in [0.4, 0.5) is 0 Å². The minimum absolute atomic E-state index is 0.0667. The molecule has 1 fully saturated rings. The molecular formula is C23H30O2. The van der Waals surface area contributed by atoms with Crippen molar-refractivity contribution in [1.29, 1.82) is 0 Å². The molecule has 0 aliphatic heterocycles. The van der Waals surface area contributed by atoms with E-state index in [1.54, 1.807) is 18.2 Å². The highest BCUT2D eigenvalue weighted by Crippen LogP contribution is 2.58. The predicted molar refractivity (Wildman–Crippen MR) is 104 cm³/mol. The van der Waals surface area contributed by atoms with E-state index < -0.39 is 0 Å². The summed E-state index contributed by atoms with van der Waals surface area (Å²) in [6, 6.07) is 11.1. The van der Waals surface area contributed by atoms with Crippen molar-refractivity contribution in [2.24, 2.45) is 5.41 Å². The summed E-state index contributed by atoms with van der Waals surface area (Å²) in [5.41, 5.74) is 3.31. The molecule has 0 unspecified atom stereocenters. The van der Waals surface area contributed by atoms with Crippen molar-refractivity contribution in [1.82, 2.24) is 0 Å². The lowest BCUT2D eigenvalue weighted by atomic mass is 9.65. The van der Waals surface area contributed by atoms with Gasteiger partial charge in [-0.2, -0.15) is 0 Å². The first-order valence-corrected chi connectivity index (χ1v) is 9.59. The molecule has 2 aromatic carbocycles. The standard InChI is InChI=1S/C23H30O2/c1-22(2,3)25-21-11-10-20-19-8-6-15-14-16(24-5)7-9-17(15)18(19)12-13-23(20,21)4/h6-9,14,20-21H,10-13H2,1-5H3/t20-,21-,23-/m0/s1. The minimum Gasteiger partial charge on any atom is -0.497 e. The molecule has 25 heavy (non-hydrogen) atoms. The Morgan fingerprint density at radius 1 is 1.08 bits per heavy atom. The van der Waals surface area contributed by atoms with Gasteiger partial charge in [-0.05, 0) is 86.4 Å². The van der Waals surface area contributed by atoms with Gasteiger partial charge in [0, 0.05) is 5.41 Å². The maximum Gasteiger partial charge on any atom is 0.119 e. The number of benzene rings is 2. The zero-order chi connectivity index (χ0) is 17.8. The van der Waals surface area contributed by atoms with Crippen LogP contribution >= 0.6 is 0 Å². The van der Waals surface area contributed by atoms with Gasteiger partial charge in [-0.3, -0.25) is 0 Å². The maximum atomic E-state index is 6.49. The summed E-state index contributed by atoms with van der Waals surface area (Å²) in [5, 5.41) is 2.70. The number of methoxy groups -OCH3 is 1. The third-order valence-electron chi connectivity index (χ3n) is 6.41. The molecule has 0 radical (unpaired) electrons. The molecule has 0 heterocycles. The smallest absolute Gasteiger partial charge is 0.119 e. The Morgan fingerprint density at radius 3 is 2.60 bits per heavy atom. The molecule has 2 aliphatic carbocycles. The van der Waals surface area contributed by atoms with Gasteiger partial charge in [0.05, 0.1) is 18.8 Å². The van der Waals surface area contributed by atoms with Crippen LogP contribution in [0.5, 0.6) is 5.75 Å². The molecule has 134 valence electrons. The predicted octanol–water partition coefficient (Wildman–Crippen LogP) is 5.86. The van der Waals surface area contributed by atoms with E-state index in [2.05, 4.69) is 58.0 Å². The van der Waals surface area contributed by atoms with Crippen molar-refractivity contribution >= 4 is 10.8 Å². The van der Waals surface area contributed by atoms with E-state index in [0.29, 0.717) is 12.0 Å². The second kappa shape index (κ2) is 5.74. The van der Waals surface area contributed by atoms with Crippen LogP contribution in [0, 0.1) is 5.41 Å². The number of ether oxygens (including phenoxy) is 2. The van der Waals surface area contributed by atoms with E-state index in [4.69, 9.17) is 9.47 Å². The summed E-state index contributed by atoms with van der Waals surface area (Å²) in [5.74, 6) is 1.56. The summed E-state index contributed by atoms with van der Waals surface area (Å²) in [7, 11) is 1.74. The zero-order valence-electron chi connectivity index (χ0n) is 16.2. The maximum absolute atomic E-state index is 6.49. The van der Waals surface area contributed by atoms with Gasteiger partial charge in [0.15, 0.2) is 0 Å². The van der Waals surface area contributed by atoms with Crippen LogP contribution in [0.15, 0.2) is 30.3 Å². The molecule has 2 nitrogen and oxygen atoms in total. The van der Waals surface area contributed by atoms with Gasteiger partial charge in [-0.25, -0.2) is 0 Å². The minimum atomic E-state index is -0.0667. The van der Waals surface area contributed by atoms with Gasteiger partial charge in [0.2, 0.25) is 0 Å². The van der Waals surface area contributed by atoms with Crippen LogP contribution in [-0.2, 0) is 11.2 Å². The fraction of sp³-hybridized carbons (Fsp3) is 0.565. The van der Waals surface area contributed by atoms with Crippen molar-refractivity contribution < 1.29 is 9.47 Å². The Morgan fingerprint density at radius 2 is 1.88 bits per heavy atom. The molecule has 3 atom stereocenters. The first-order valence-electron chi connectivity index (χ1n) is 9.59. The monoisotopic (exact) mass is 338 g/mol. The first-order chi connectivity index (χ1) is 11.8. The molecule has 0 N–H and O–H groups in total. The molecule has 1 saturated carbocycles.